The molecule has 0 aromatic rings. The summed E-state index contributed by atoms with van der Waals surface area (Å²) in [5, 5.41) is 9.23. The van der Waals surface area contributed by atoms with Crippen LogP contribution in [0.2, 0.25) is 0 Å². The molecule has 0 bridgehead atoms. The quantitative estimate of drug-likeness (QED) is 0.657. The van der Waals surface area contributed by atoms with E-state index in [9.17, 15) is 13.5 Å². The van der Waals surface area contributed by atoms with Crippen LogP contribution in [-0.2, 0) is 10.2 Å². The SMILES string of the molecule is CCCCCCNS(=O)(=O)N1CCCCC1CO. The van der Waals surface area contributed by atoms with E-state index in [0.717, 1.165) is 44.9 Å². The Kier molecular flexibility index (Phi) is 7.14. The van der Waals surface area contributed by atoms with Crippen molar-refractivity contribution >= 4 is 10.2 Å². The van der Waals surface area contributed by atoms with Crippen LogP contribution in [0.5, 0.6) is 0 Å². The number of unbranched alkanes of at least 4 members (excludes halogenated alkanes) is 3. The summed E-state index contributed by atoms with van der Waals surface area (Å²) in [4.78, 5) is 0. The van der Waals surface area contributed by atoms with Crippen LogP contribution in [0.3, 0.4) is 0 Å². The summed E-state index contributed by atoms with van der Waals surface area (Å²) in [7, 11) is -3.41. The molecule has 2 N–H and O–H groups in total. The average Bonchev–Trinajstić information content (AvgIpc) is 2.38. The molecule has 1 heterocycles. The van der Waals surface area contributed by atoms with Crippen molar-refractivity contribution in [3.05, 3.63) is 0 Å². The Hall–Kier alpha value is -0.170. The van der Waals surface area contributed by atoms with Gasteiger partial charge in [0.1, 0.15) is 0 Å². The molecule has 0 aliphatic carbocycles. The highest BCUT2D eigenvalue weighted by Gasteiger charge is 2.31. The first-order valence-corrected chi connectivity index (χ1v) is 8.43. The lowest BCUT2D eigenvalue weighted by Crippen LogP contribution is -2.50. The third kappa shape index (κ3) is 4.84. The van der Waals surface area contributed by atoms with Gasteiger partial charge < -0.3 is 5.11 Å². The lowest BCUT2D eigenvalue weighted by molar-refractivity contribution is 0.154. The number of aliphatic hydroxyl groups is 1. The van der Waals surface area contributed by atoms with Gasteiger partial charge in [-0.15, -0.1) is 0 Å². The molecule has 1 rings (SSSR count). The molecule has 5 nitrogen and oxygen atoms in total. The minimum atomic E-state index is -3.41. The molecule has 0 spiro atoms. The number of rotatable bonds is 8. The Labute approximate surface area is 111 Å². The van der Waals surface area contributed by atoms with Crippen molar-refractivity contribution in [1.82, 2.24) is 9.03 Å². The van der Waals surface area contributed by atoms with Gasteiger partial charge in [-0.1, -0.05) is 32.6 Å². The van der Waals surface area contributed by atoms with Crippen LogP contribution < -0.4 is 4.72 Å². The van der Waals surface area contributed by atoms with Crippen LogP contribution in [0.25, 0.3) is 0 Å². The van der Waals surface area contributed by atoms with E-state index >= 15 is 0 Å². The molecular weight excluding hydrogens is 252 g/mol. The molecule has 1 fully saturated rings. The van der Waals surface area contributed by atoms with Crippen LogP contribution in [0, 0.1) is 0 Å². The predicted molar refractivity (Wildman–Crippen MR) is 72.5 cm³/mol. The fraction of sp³-hybridized carbons (Fsp3) is 1.00. The summed E-state index contributed by atoms with van der Waals surface area (Å²) >= 11 is 0. The lowest BCUT2D eigenvalue weighted by Gasteiger charge is -2.33. The van der Waals surface area contributed by atoms with Crippen molar-refractivity contribution in [2.75, 3.05) is 19.7 Å². The van der Waals surface area contributed by atoms with Crippen molar-refractivity contribution in [2.45, 2.75) is 57.9 Å². The highest BCUT2D eigenvalue weighted by atomic mass is 32.2. The minimum absolute atomic E-state index is 0.0866. The van der Waals surface area contributed by atoms with Gasteiger partial charge in [0, 0.05) is 19.1 Å². The number of hydrogen-bond acceptors (Lipinski definition) is 3. The van der Waals surface area contributed by atoms with Gasteiger partial charge in [-0.2, -0.15) is 12.7 Å². The first-order valence-electron chi connectivity index (χ1n) is 6.99. The third-order valence-electron chi connectivity index (χ3n) is 3.41. The zero-order valence-corrected chi connectivity index (χ0v) is 12.1. The highest BCUT2D eigenvalue weighted by Crippen LogP contribution is 2.19. The van der Waals surface area contributed by atoms with E-state index in [1.807, 2.05) is 0 Å². The van der Waals surface area contributed by atoms with E-state index < -0.39 is 10.2 Å². The maximum absolute atomic E-state index is 12.1. The molecule has 0 aromatic heterocycles. The van der Waals surface area contributed by atoms with E-state index in [4.69, 9.17) is 0 Å². The number of nitrogens with zero attached hydrogens (tertiary/aromatic N) is 1. The van der Waals surface area contributed by atoms with Crippen LogP contribution in [0.15, 0.2) is 0 Å². The minimum Gasteiger partial charge on any atom is -0.395 e. The van der Waals surface area contributed by atoms with Crippen molar-refractivity contribution in [1.29, 1.82) is 0 Å². The van der Waals surface area contributed by atoms with Gasteiger partial charge >= 0.3 is 0 Å². The number of nitrogens with one attached hydrogen (secondary N) is 1. The highest BCUT2D eigenvalue weighted by molar-refractivity contribution is 7.87. The Morgan fingerprint density at radius 3 is 2.72 bits per heavy atom. The molecule has 6 heteroatoms. The summed E-state index contributed by atoms with van der Waals surface area (Å²) < 4.78 is 28.2. The van der Waals surface area contributed by atoms with Crippen molar-refractivity contribution < 1.29 is 13.5 Å². The standard InChI is InChI=1S/C12H26N2O3S/c1-2-3-4-6-9-13-18(16,17)14-10-7-5-8-12(14)11-15/h12-13,15H,2-11H2,1H3. The molecule has 0 amide bonds. The van der Waals surface area contributed by atoms with Gasteiger partial charge in [0.2, 0.25) is 0 Å². The fourth-order valence-electron chi connectivity index (χ4n) is 2.31. The van der Waals surface area contributed by atoms with Gasteiger partial charge in [0.15, 0.2) is 0 Å². The molecule has 0 aromatic carbocycles. The Bertz CT molecular complexity index is 319. The van der Waals surface area contributed by atoms with Crippen LogP contribution >= 0.6 is 0 Å². The van der Waals surface area contributed by atoms with Gasteiger partial charge in [-0.25, -0.2) is 4.72 Å². The normalized spacial score (nSPS) is 22.2. The molecule has 1 saturated heterocycles. The molecule has 0 radical (unpaired) electrons. The monoisotopic (exact) mass is 278 g/mol. The molecular formula is C12H26N2O3S. The molecule has 18 heavy (non-hydrogen) atoms. The van der Waals surface area contributed by atoms with Gasteiger partial charge in [0.05, 0.1) is 6.61 Å². The number of piperidine rings is 1. The fourth-order valence-corrected chi connectivity index (χ4v) is 3.81. The van der Waals surface area contributed by atoms with Gasteiger partial charge in [0.25, 0.3) is 10.2 Å². The topological polar surface area (TPSA) is 69.6 Å². The summed E-state index contributed by atoms with van der Waals surface area (Å²) in [5.74, 6) is 0. The van der Waals surface area contributed by atoms with Crippen LogP contribution in [-0.4, -0.2) is 43.6 Å². The molecule has 108 valence electrons. The molecule has 1 aliphatic rings. The Morgan fingerprint density at radius 2 is 2.06 bits per heavy atom. The number of hydrogen-bond donors (Lipinski definition) is 2. The van der Waals surface area contributed by atoms with E-state index in [2.05, 4.69) is 11.6 Å². The maximum atomic E-state index is 12.1. The van der Waals surface area contributed by atoms with Crippen LogP contribution in [0.1, 0.15) is 51.9 Å². The zero-order chi connectivity index (χ0) is 13.4. The van der Waals surface area contributed by atoms with Crippen molar-refractivity contribution in [3.8, 4) is 0 Å². The predicted octanol–water partition coefficient (Wildman–Crippen LogP) is 1.25. The van der Waals surface area contributed by atoms with Gasteiger partial charge in [-0.3, -0.25) is 0 Å². The smallest absolute Gasteiger partial charge is 0.279 e. The second-order valence-corrected chi connectivity index (χ2v) is 6.61. The summed E-state index contributed by atoms with van der Waals surface area (Å²) in [6.45, 7) is 3.06. The van der Waals surface area contributed by atoms with E-state index in [1.165, 1.54) is 4.31 Å². The zero-order valence-electron chi connectivity index (χ0n) is 11.3. The van der Waals surface area contributed by atoms with Crippen molar-refractivity contribution in [3.63, 3.8) is 0 Å². The second-order valence-electron chi connectivity index (χ2n) is 4.90. The molecule has 1 aliphatic heterocycles. The molecule has 1 atom stereocenters. The maximum Gasteiger partial charge on any atom is 0.279 e. The second kappa shape index (κ2) is 8.09. The van der Waals surface area contributed by atoms with Crippen LogP contribution in [0.4, 0.5) is 0 Å². The van der Waals surface area contributed by atoms with E-state index in [0.29, 0.717) is 13.1 Å². The molecule has 1 unspecified atom stereocenters. The Morgan fingerprint density at radius 1 is 1.28 bits per heavy atom. The summed E-state index contributed by atoms with van der Waals surface area (Å²) in [6, 6.07) is -0.244. The van der Waals surface area contributed by atoms with Crippen molar-refractivity contribution in [2.24, 2.45) is 0 Å². The molecule has 0 saturated carbocycles. The first kappa shape index (κ1) is 15.9. The van der Waals surface area contributed by atoms with E-state index in [-0.39, 0.29) is 12.6 Å². The number of aliphatic hydroxyl groups excluding tert-OH is 1. The Balaban J connectivity index is 2.41. The summed E-state index contributed by atoms with van der Waals surface area (Å²) in [5.41, 5.74) is 0. The first-order chi connectivity index (χ1) is 8.61. The van der Waals surface area contributed by atoms with Gasteiger partial charge in [-0.05, 0) is 19.3 Å². The largest absolute Gasteiger partial charge is 0.395 e. The third-order valence-corrected chi connectivity index (χ3v) is 5.07. The van der Waals surface area contributed by atoms with E-state index in [1.54, 1.807) is 0 Å². The lowest BCUT2D eigenvalue weighted by atomic mass is 10.1. The summed E-state index contributed by atoms with van der Waals surface area (Å²) in [6.07, 6.45) is 6.86. The average molecular weight is 278 g/mol.